The lowest BCUT2D eigenvalue weighted by Gasteiger charge is -2.21. The van der Waals surface area contributed by atoms with E-state index in [-0.39, 0.29) is 12.5 Å². The Bertz CT molecular complexity index is 388. The maximum absolute atomic E-state index is 11.0. The van der Waals surface area contributed by atoms with Gasteiger partial charge in [-0.1, -0.05) is 6.07 Å². The molecule has 0 saturated carbocycles. The van der Waals surface area contributed by atoms with E-state index < -0.39 is 0 Å². The van der Waals surface area contributed by atoms with E-state index in [0.29, 0.717) is 6.54 Å². The van der Waals surface area contributed by atoms with E-state index in [1.165, 1.54) is 0 Å². The molecule has 4 nitrogen and oxygen atoms in total. The van der Waals surface area contributed by atoms with E-state index in [4.69, 9.17) is 10.5 Å². The summed E-state index contributed by atoms with van der Waals surface area (Å²) >= 11 is 0. The number of hydrogen-bond acceptors (Lipinski definition) is 3. The van der Waals surface area contributed by atoms with Crippen molar-refractivity contribution in [2.45, 2.75) is 13.5 Å². The fraction of sp³-hybridized carbons (Fsp3) is 0.300. The van der Waals surface area contributed by atoms with Crippen molar-refractivity contribution < 1.29 is 9.53 Å². The Morgan fingerprint density at radius 2 is 2.36 bits per heavy atom. The number of amides is 1. The molecule has 1 aromatic carbocycles. The van der Waals surface area contributed by atoms with E-state index in [9.17, 15) is 4.79 Å². The summed E-state index contributed by atoms with van der Waals surface area (Å²) in [5.41, 5.74) is 8.35. The Morgan fingerprint density at radius 3 is 3.07 bits per heavy atom. The number of carbonyl (C=O) groups is 1. The van der Waals surface area contributed by atoms with Gasteiger partial charge in [0, 0.05) is 6.54 Å². The standard InChI is InChI=1S/C10H12N2O2/c1-6-7(4-11)2-3-8-10(6)14-5-9(13)12-8/h2-3H,4-5,11H2,1H3,(H,12,13). The van der Waals surface area contributed by atoms with Crippen molar-refractivity contribution in [3.63, 3.8) is 0 Å². The van der Waals surface area contributed by atoms with Gasteiger partial charge in [0.15, 0.2) is 6.61 Å². The second-order valence-electron chi connectivity index (χ2n) is 3.27. The molecular weight excluding hydrogens is 180 g/mol. The van der Waals surface area contributed by atoms with Crippen LogP contribution in [-0.4, -0.2) is 12.5 Å². The molecular formula is C10H12N2O2. The molecule has 1 aliphatic rings. The Labute approximate surface area is 82.1 Å². The molecule has 0 atom stereocenters. The lowest BCUT2D eigenvalue weighted by atomic mass is 10.1. The number of rotatable bonds is 1. The predicted octanol–water partition coefficient (Wildman–Crippen LogP) is 0.785. The third kappa shape index (κ3) is 1.33. The van der Waals surface area contributed by atoms with Crippen molar-refractivity contribution in [3.8, 4) is 5.75 Å². The van der Waals surface area contributed by atoms with Gasteiger partial charge in [0.05, 0.1) is 5.69 Å². The fourth-order valence-electron chi connectivity index (χ4n) is 1.56. The van der Waals surface area contributed by atoms with Crippen LogP contribution in [0, 0.1) is 6.92 Å². The number of carbonyl (C=O) groups excluding carboxylic acids is 1. The minimum Gasteiger partial charge on any atom is -0.481 e. The van der Waals surface area contributed by atoms with Gasteiger partial charge in [0.25, 0.3) is 5.91 Å². The molecule has 0 unspecified atom stereocenters. The average molecular weight is 192 g/mol. The molecule has 0 fully saturated rings. The molecule has 2 rings (SSSR count). The number of nitrogens with one attached hydrogen (secondary N) is 1. The van der Waals surface area contributed by atoms with Gasteiger partial charge in [0.1, 0.15) is 5.75 Å². The van der Waals surface area contributed by atoms with Crippen LogP contribution >= 0.6 is 0 Å². The van der Waals surface area contributed by atoms with Crippen LogP contribution in [0.5, 0.6) is 5.75 Å². The average Bonchev–Trinajstić information content (AvgIpc) is 2.18. The molecule has 74 valence electrons. The zero-order valence-corrected chi connectivity index (χ0v) is 7.96. The van der Waals surface area contributed by atoms with Crippen LogP contribution in [0.3, 0.4) is 0 Å². The molecule has 0 radical (unpaired) electrons. The van der Waals surface area contributed by atoms with Gasteiger partial charge in [-0.05, 0) is 24.1 Å². The van der Waals surface area contributed by atoms with Gasteiger partial charge in [-0.25, -0.2) is 0 Å². The highest BCUT2D eigenvalue weighted by Crippen LogP contribution is 2.33. The molecule has 1 aromatic rings. The third-order valence-electron chi connectivity index (χ3n) is 2.36. The zero-order valence-electron chi connectivity index (χ0n) is 7.96. The van der Waals surface area contributed by atoms with Gasteiger partial charge in [-0.3, -0.25) is 4.79 Å². The highest BCUT2D eigenvalue weighted by Gasteiger charge is 2.18. The Morgan fingerprint density at radius 1 is 1.57 bits per heavy atom. The van der Waals surface area contributed by atoms with Gasteiger partial charge in [-0.2, -0.15) is 0 Å². The molecule has 0 spiro atoms. The summed E-state index contributed by atoms with van der Waals surface area (Å²) in [7, 11) is 0. The molecule has 4 heteroatoms. The van der Waals surface area contributed by atoms with Crippen LogP contribution in [0.15, 0.2) is 12.1 Å². The van der Waals surface area contributed by atoms with Crippen molar-refractivity contribution in [1.29, 1.82) is 0 Å². The normalized spacial score (nSPS) is 14.3. The summed E-state index contributed by atoms with van der Waals surface area (Å²) in [4.78, 5) is 11.0. The molecule has 1 heterocycles. The number of hydrogen-bond donors (Lipinski definition) is 2. The Kier molecular flexibility index (Phi) is 2.13. The van der Waals surface area contributed by atoms with Crippen LogP contribution in [-0.2, 0) is 11.3 Å². The van der Waals surface area contributed by atoms with Gasteiger partial charge < -0.3 is 15.8 Å². The van der Waals surface area contributed by atoms with E-state index >= 15 is 0 Å². The second kappa shape index (κ2) is 3.31. The van der Waals surface area contributed by atoms with E-state index in [2.05, 4.69) is 5.32 Å². The quantitative estimate of drug-likeness (QED) is 0.691. The summed E-state index contributed by atoms with van der Waals surface area (Å²) in [6, 6.07) is 3.73. The third-order valence-corrected chi connectivity index (χ3v) is 2.36. The van der Waals surface area contributed by atoms with Crippen LogP contribution in [0.2, 0.25) is 0 Å². The smallest absolute Gasteiger partial charge is 0.262 e. The summed E-state index contributed by atoms with van der Waals surface area (Å²) in [5, 5.41) is 2.75. The van der Waals surface area contributed by atoms with Crippen molar-refractivity contribution in [3.05, 3.63) is 23.3 Å². The van der Waals surface area contributed by atoms with E-state index in [1.54, 1.807) is 0 Å². The first-order chi connectivity index (χ1) is 6.72. The number of anilines is 1. The molecule has 1 amide bonds. The minimum atomic E-state index is -0.114. The summed E-state index contributed by atoms with van der Waals surface area (Å²) in [6.45, 7) is 2.51. The summed E-state index contributed by atoms with van der Waals surface area (Å²) < 4.78 is 5.34. The highest BCUT2D eigenvalue weighted by atomic mass is 16.5. The van der Waals surface area contributed by atoms with E-state index in [1.807, 2.05) is 19.1 Å². The van der Waals surface area contributed by atoms with Crippen molar-refractivity contribution in [2.24, 2.45) is 5.73 Å². The predicted molar refractivity (Wildman–Crippen MR) is 53.2 cm³/mol. The van der Waals surface area contributed by atoms with Crippen LogP contribution in [0.25, 0.3) is 0 Å². The highest BCUT2D eigenvalue weighted by molar-refractivity contribution is 5.95. The number of fused-ring (bicyclic) bond motifs is 1. The second-order valence-corrected chi connectivity index (χ2v) is 3.27. The molecule has 0 aromatic heterocycles. The Hall–Kier alpha value is -1.55. The molecule has 14 heavy (non-hydrogen) atoms. The first kappa shape index (κ1) is 9.02. The molecule has 0 aliphatic carbocycles. The fourth-order valence-corrected chi connectivity index (χ4v) is 1.56. The van der Waals surface area contributed by atoms with Gasteiger partial charge in [0.2, 0.25) is 0 Å². The maximum atomic E-state index is 11.0. The largest absolute Gasteiger partial charge is 0.481 e. The number of nitrogens with two attached hydrogens (primary N) is 1. The monoisotopic (exact) mass is 192 g/mol. The van der Waals surface area contributed by atoms with E-state index in [0.717, 1.165) is 22.6 Å². The van der Waals surface area contributed by atoms with Crippen LogP contribution < -0.4 is 15.8 Å². The molecule has 0 bridgehead atoms. The first-order valence-electron chi connectivity index (χ1n) is 4.47. The Balaban J connectivity index is 2.48. The summed E-state index contributed by atoms with van der Waals surface area (Å²) in [6.07, 6.45) is 0. The maximum Gasteiger partial charge on any atom is 0.262 e. The van der Waals surface area contributed by atoms with Gasteiger partial charge >= 0.3 is 0 Å². The van der Waals surface area contributed by atoms with Crippen molar-refractivity contribution >= 4 is 11.6 Å². The van der Waals surface area contributed by atoms with Crippen LogP contribution in [0.4, 0.5) is 5.69 Å². The van der Waals surface area contributed by atoms with Crippen LogP contribution in [0.1, 0.15) is 11.1 Å². The zero-order chi connectivity index (χ0) is 10.1. The minimum absolute atomic E-state index is 0.0852. The first-order valence-corrected chi connectivity index (χ1v) is 4.47. The van der Waals surface area contributed by atoms with Gasteiger partial charge in [-0.15, -0.1) is 0 Å². The topological polar surface area (TPSA) is 64.3 Å². The molecule has 3 N–H and O–H groups in total. The van der Waals surface area contributed by atoms with Crippen molar-refractivity contribution in [1.82, 2.24) is 0 Å². The lowest BCUT2D eigenvalue weighted by Crippen LogP contribution is -2.26. The summed E-state index contributed by atoms with van der Waals surface area (Å²) in [5.74, 6) is 0.630. The SMILES string of the molecule is Cc1c(CN)ccc2c1OCC(=O)N2. The number of ether oxygens (including phenoxy) is 1. The van der Waals surface area contributed by atoms with Crippen molar-refractivity contribution in [2.75, 3.05) is 11.9 Å². The molecule has 1 aliphatic heterocycles. The number of benzene rings is 1. The molecule has 0 saturated heterocycles. The lowest BCUT2D eigenvalue weighted by molar-refractivity contribution is -0.118.